The zero-order valence-corrected chi connectivity index (χ0v) is 20.1. The van der Waals surface area contributed by atoms with Crippen LogP contribution in [-0.2, 0) is 0 Å². The molecule has 2 N–H and O–H groups in total. The fraction of sp³-hybridized carbons (Fsp3) is 0.0323. The number of hydrazine groups is 1. The van der Waals surface area contributed by atoms with Crippen LogP contribution in [0.1, 0.15) is 20.9 Å². The van der Waals surface area contributed by atoms with Crippen LogP contribution in [0.5, 0.6) is 5.75 Å². The maximum Gasteiger partial charge on any atom is 0.306 e. The van der Waals surface area contributed by atoms with Crippen LogP contribution in [0.15, 0.2) is 120 Å². The lowest BCUT2D eigenvalue weighted by Gasteiger charge is -2.12. The summed E-state index contributed by atoms with van der Waals surface area (Å²) >= 11 is 0. The van der Waals surface area contributed by atoms with E-state index in [9.17, 15) is 9.59 Å². The van der Waals surface area contributed by atoms with Crippen LogP contribution >= 0.6 is 0 Å². The number of benzene rings is 4. The summed E-state index contributed by atoms with van der Waals surface area (Å²) in [5.41, 5.74) is 10.2. The third kappa shape index (κ3) is 4.99. The summed E-state index contributed by atoms with van der Waals surface area (Å²) in [6, 6.07) is 33.9. The highest BCUT2D eigenvalue weighted by Crippen LogP contribution is 2.36. The SMILES string of the molecule is COc1ccc(C(=O)NNC(=O)c2occ(-c3ccccc3)c2-c2ccccc2)cc1-c1ccccc1. The standard InChI is InChI=1S/C31H24N2O4/c1-36-27-18-17-24(19-25(27)21-11-5-2-6-12-21)30(34)32-33-31(35)29-28(23-15-9-4-10-16-23)26(20-37-29)22-13-7-3-8-14-22/h2-20H,1H3,(H,32,34)(H,33,35). The van der Waals surface area contributed by atoms with Crippen LogP contribution < -0.4 is 15.6 Å². The summed E-state index contributed by atoms with van der Waals surface area (Å²) in [5.74, 6) is -0.288. The van der Waals surface area contributed by atoms with E-state index in [0.717, 1.165) is 27.8 Å². The summed E-state index contributed by atoms with van der Waals surface area (Å²) in [6.45, 7) is 0. The van der Waals surface area contributed by atoms with Gasteiger partial charge in [-0.05, 0) is 34.9 Å². The molecule has 1 heterocycles. The molecule has 6 heteroatoms. The minimum Gasteiger partial charge on any atom is -0.496 e. The van der Waals surface area contributed by atoms with Crippen molar-refractivity contribution in [3.8, 4) is 39.1 Å². The van der Waals surface area contributed by atoms with Crippen LogP contribution in [0.25, 0.3) is 33.4 Å². The lowest BCUT2D eigenvalue weighted by molar-refractivity contribution is 0.0831. The molecule has 0 bridgehead atoms. The zero-order chi connectivity index (χ0) is 25.6. The highest BCUT2D eigenvalue weighted by molar-refractivity contribution is 6.04. The highest BCUT2D eigenvalue weighted by atomic mass is 16.5. The Morgan fingerprint density at radius 1 is 0.649 bits per heavy atom. The maximum atomic E-state index is 13.2. The zero-order valence-electron chi connectivity index (χ0n) is 20.1. The van der Waals surface area contributed by atoms with Crippen molar-refractivity contribution in [2.75, 3.05) is 7.11 Å². The van der Waals surface area contributed by atoms with Gasteiger partial charge in [-0.3, -0.25) is 20.4 Å². The van der Waals surface area contributed by atoms with Crippen molar-refractivity contribution in [2.24, 2.45) is 0 Å². The Labute approximate surface area is 214 Å². The molecule has 1 aromatic heterocycles. The lowest BCUT2D eigenvalue weighted by Crippen LogP contribution is -2.41. The van der Waals surface area contributed by atoms with Crippen molar-refractivity contribution in [3.05, 3.63) is 127 Å². The molecule has 37 heavy (non-hydrogen) atoms. The molecule has 182 valence electrons. The first-order valence-electron chi connectivity index (χ1n) is 11.7. The predicted molar refractivity (Wildman–Crippen MR) is 143 cm³/mol. The second-order valence-corrected chi connectivity index (χ2v) is 8.27. The fourth-order valence-corrected chi connectivity index (χ4v) is 4.18. The number of methoxy groups -OCH3 is 1. The van der Waals surface area contributed by atoms with Gasteiger partial charge in [0.05, 0.1) is 13.4 Å². The topological polar surface area (TPSA) is 80.6 Å². The Morgan fingerprint density at radius 3 is 1.78 bits per heavy atom. The van der Waals surface area contributed by atoms with E-state index in [1.807, 2.05) is 91.0 Å². The number of carbonyl (C=O) groups excluding carboxylic acids is 2. The van der Waals surface area contributed by atoms with Crippen molar-refractivity contribution < 1.29 is 18.7 Å². The number of furan rings is 1. The normalized spacial score (nSPS) is 10.5. The van der Waals surface area contributed by atoms with Gasteiger partial charge in [-0.15, -0.1) is 0 Å². The minimum atomic E-state index is -0.564. The fourth-order valence-electron chi connectivity index (χ4n) is 4.18. The molecule has 4 aromatic carbocycles. The molecular weight excluding hydrogens is 464 g/mol. The van der Waals surface area contributed by atoms with E-state index in [4.69, 9.17) is 9.15 Å². The number of ether oxygens (including phenoxy) is 1. The Kier molecular flexibility index (Phi) is 6.81. The van der Waals surface area contributed by atoms with E-state index in [-0.39, 0.29) is 5.76 Å². The Hall–Kier alpha value is -5.10. The Bertz CT molecular complexity index is 1530. The molecule has 0 saturated carbocycles. The second-order valence-electron chi connectivity index (χ2n) is 8.27. The maximum absolute atomic E-state index is 13.2. The molecule has 0 aliphatic heterocycles. The van der Waals surface area contributed by atoms with Gasteiger partial charge in [0.15, 0.2) is 0 Å². The Morgan fingerprint density at radius 2 is 1.19 bits per heavy atom. The molecule has 0 radical (unpaired) electrons. The van der Waals surface area contributed by atoms with Crippen molar-refractivity contribution in [3.63, 3.8) is 0 Å². The third-order valence-electron chi connectivity index (χ3n) is 5.98. The van der Waals surface area contributed by atoms with E-state index >= 15 is 0 Å². The molecule has 5 aromatic rings. The van der Waals surface area contributed by atoms with Gasteiger partial charge < -0.3 is 9.15 Å². The molecule has 2 amide bonds. The molecule has 0 atom stereocenters. The van der Waals surface area contributed by atoms with Gasteiger partial charge in [-0.2, -0.15) is 0 Å². The largest absolute Gasteiger partial charge is 0.496 e. The second kappa shape index (κ2) is 10.7. The van der Waals surface area contributed by atoms with Crippen LogP contribution in [0, 0.1) is 0 Å². The van der Waals surface area contributed by atoms with E-state index in [0.29, 0.717) is 16.9 Å². The highest BCUT2D eigenvalue weighted by Gasteiger charge is 2.23. The third-order valence-corrected chi connectivity index (χ3v) is 5.98. The van der Waals surface area contributed by atoms with Crippen molar-refractivity contribution in [2.45, 2.75) is 0 Å². The van der Waals surface area contributed by atoms with Gasteiger partial charge >= 0.3 is 5.91 Å². The van der Waals surface area contributed by atoms with Crippen LogP contribution in [0.3, 0.4) is 0 Å². The molecule has 0 aliphatic carbocycles. The van der Waals surface area contributed by atoms with Crippen molar-refractivity contribution >= 4 is 11.8 Å². The van der Waals surface area contributed by atoms with Crippen LogP contribution in [0.2, 0.25) is 0 Å². The van der Waals surface area contributed by atoms with Crippen molar-refractivity contribution in [1.29, 1.82) is 0 Å². The van der Waals surface area contributed by atoms with Gasteiger partial charge in [0, 0.05) is 22.3 Å². The van der Waals surface area contributed by atoms with E-state index in [2.05, 4.69) is 10.9 Å². The average Bonchev–Trinajstić information content (AvgIpc) is 3.42. The van der Waals surface area contributed by atoms with Crippen LogP contribution in [-0.4, -0.2) is 18.9 Å². The van der Waals surface area contributed by atoms with E-state index in [1.165, 1.54) is 0 Å². The van der Waals surface area contributed by atoms with Gasteiger partial charge in [0.25, 0.3) is 5.91 Å². The summed E-state index contributed by atoms with van der Waals surface area (Å²) in [7, 11) is 1.58. The van der Waals surface area contributed by atoms with Gasteiger partial charge in [0.2, 0.25) is 5.76 Å². The van der Waals surface area contributed by atoms with E-state index in [1.54, 1.807) is 31.6 Å². The number of amides is 2. The number of rotatable bonds is 6. The first kappa shape index (κ1) is 23.6. The number of hydrogen-bond acceptors (Lipinski definition) is 4. The summed E-state index contributed by atoms with van der Waals surface area (Å²) in [5, 5.41) is 0. The molecule has 5 rings (SSSR count). The van der Waals surface area contributed by atoms with E-state index < -0.39 is 11.8 Å². The minimum absolute atomic E-state index is 0.102. The van der Waals surface area contributed by atoms with Gasteiger partial charge in [-0.1, -0.05) is 91.0 Å². The number of hydrogen-bond donors (Lipinski definition) is 2. The van der Waals surface area contributed by atoms with Crippen LogP contribution in [0.4, 0.5) is 0 Å². The molecule has 6 nitrogen and oxygen atoms in total. The smallest absolute Gasteiger partial charge is 0.306 e. The summed E-state index contributed by atoms with van der Waals surface area (Å²) < 4.78 is 11.2. The molecule has 0 unspecified atom stereocenters. The number of nitrogens with one attached hydrogen (secondary N) is 2. The van der Waals surface area contributed by atoms with Crippen molar-refractivity contribution in [1.82, 2.24) is 10.9 Å². The summed E-state index contributed by atoms with van der Waals surface area (Å²) in [6.07, 6.45) is 1.56. The predicted octanol–water partition coefficient (Wildman–Crippen LogP) is 6.36. The molecule has 0 spiro atoms. The Balaban J connectivity index is 1.40. The first-order chi connectivity index (χ1) is 18.2. The van der Waals surface area contributed by atoms with Gasteiger partial charge in [-0.25, -0.2) is 0 Å². The average molecular weight is 489 g/mol. The molecule has 0 saturated heterocycles. The quantitative estimate of drug-likeness (QED) is 0.272. The molecule has 0 fully saturated rings. The number of carbonyl (C=O) groups is 2. The lowest BCUT2D eigenvalue weighted by atomic mass is 9.96. The molecule has 0 aliphatic rings. The van der Waals surface area contributed by atoms with Gasteiger partial charge in [0.1, 0.15) is 5.75 Å². The summed E-state index contributed by atoms with van der Waals surface area (Å²) in [4.78, 5) is 26.1. The molecular formula is C31H24N2O4. The monoisotopic (exact) mass is 488 g/mol. The first-order valence-corrected chi connectivity index (χ1v) is 11.7.